The van der Waals surface area contributed by atoms with E-state index >= 15 is 0 Å². The van der Waals surface area contributed by atoms with E-state index in [1.165, 1.54) is 12.1 Å². The number of nitrogens with zero attached hydrogens (tertiary/aromatic N) is 1. The Labute approximate surface area is 194 Å². The number of carboxylic acids is 1. The molecular weight excluding hydrogens is 466 g/mol. The Hall–Kier alpha value is -3.88. The highest BCUT2D eigenvalue weighted by atomic mass is 79.9. The van der Waals surface area contributed by atoms with E-state index in [2.05, 4.69) is 22.0 Å². The quantitative estimate of drug-likeness (QED) is 0.238. The molecule has 0 radical (unpaired) electrons. The Balaban J connectivity index is 1.76. The summed E-state index contributed by atoms with van der Waals surface area (Å²) in [5, 5.41) is 21.0. The van der Waals surface area contributed by atoms with Crippen LogP contribution in [0.2, 0.25) is 0 Å². The average Bonchev–Trinajstić information content (AvgIpc) is 2.82. The minimum absolute atomic E-state index is 0.176. The minimum Gasteiger partial charge on any atom is -0.488 e. The molecule has 4 rings (SSSR count). The van der Waals surface area contributed by atoms with E-state index in [1.807, 2.05) is 60.7 Å². The molecule has 156 valence electrons. The molecule has 0 unspecified atom stereocenters. The lowest BCUT2D eigenvalue weighted by Crippen LogP contribution is -1.98. The molecule has 32 heavy (non-hydrogen) atoms. The molecule has 0 saturated heterocycles. The molecule has 0 heterocycles. The Morgan fingerprint density at radius 3 is 2.31 bits per heavy atom. The molecule has 0 aliphatic heterocycles. The van der Waals surface area contributed by atoms with Crippen molar-refractivity contribution in [3.05, 3.63) is 112 Å². The molecule has 1 N–H and O–H groups in total. The Morgan fingerprint density at radius 1 is 0.938 bits per heavy atom. The van der Waals surface area contributed by atoms with E-state index in [1.54, 1.807) is 18.2 Å². The lowest BCUT2D eigenvalue weighted by molar-refractivity contribution is 0.0697. The molecule has 0 aromatic heterocycles. The van der Waals surface area contributed by atoms with Crippen LogP contribution in [0.4, 0.5) is 0 Å². The molecule has 4 nitrogen and oxygen atoms in total. The van der Waals surface area contributed by atoms with Gasteiger partial charge >= 0.3 is 5.97 Å². The van der Waals surface area contributed by atoms with Crippen LogP contribution in [0.25, 0.3) is 22.4 Å². The van der Waals surface area contributed by atoms with Gasteiger partial charge in [0.1, 0.15) is 12.4 Å². The fourth-order valence-electron chi connectivity index (χ4n) is 3.41. The van der Waals surface area contributed by atoms with E-state index in [0.29, 0.717) is 23.5 Å². The van der Waals surface area contributed by atoms with Crippen LogP contribution in [0, 0.1) is 11.3 Å². The zero-order valence-corrected chi connectivity index (χ0v) is 18.5. The van der Waals surface area contributed by atoms with Crippen molar-refractivity contribution in [3.8, 4) is 11.8 Å². The Kier molecular flexibility index (Phi) is 6.34. The standard InChI is InChI=1S/C27H18BrNO3/c28-23-12-5-18(6-13-23)17-32-26-14-11-20-3-1-2-4-24(20)25(26)15-22(16-29)19-7-9-21(10-8-19)27(30)31/h1-15H,17H2,(H,30,31). The normalized spacial score (nSPS) is 11.2. The first kappa shape index (κ1) is 21.4. The number of carboxylic acid groups (broad SMARTS) is 1. The number of hydrogen-bond donors (Lipinski definition) is 1. The zero-order chi connectivity index (χ0) is 22.5. The molecule has 4 aromatic rings. The fourth-order valence-corrected chi connectivity index (χ4v) is 3.67. The van der Waals surface area contributed by atoms with Gasteiger partial charge in [0, 0.05) is 10.0 Å². The van der Waals surface area contributed by atoms with E-state index in [4.69, 9.17) is 9.84 Å². The molecule has 0 atom stereocenters. The van der Waals surface area contributed by atoms with Gasteiger partial charge in [-0.2, -0.15) is 5.26 Å². The van der Waals surface area contributed by atoms with Crippen molar-refractivity contribution in [1.29, 1.82) is 5.26 Å². The van der Waals surface area contributed by atoms with Crippen LogP contribution in [0.3, 0.4) is 0 Å². The summed E-state index contributed by atoms with van der Waals surface area (Å²) in [6.07, 6.45) is 1.80. The van der Waals surface area contributed by atoms with Crippen molar-refractivity contribution in [2.75, 3.05) is 0 Å². The molecule has 0 fully saturated rings. The monoisotopic (exact) mass is 483 g/mol. The van der Waals surface area contributed by atoms with Gasteiger partial charge in [0.2, 0.25) is 0 Å². The van der Waals surface area contributed by atoms with Crippen LogP contribution < -0.4 is 4.74 Å². The lowest BCUT2D eigenvalue weighted by Gasteiger charge is -2.13. The van der Waals surface area contributed by atoms with Gasteiger partial charge in [-0.05, 0) is 58.3 Å². The van der Waals surface area contributed by atoms with Crippen LogP contribution in [-0.4, -0.2) is 11.1 Å². The molecule has 4 aromatic carbocycles. The third kappa shape index (κ3) is 4.72. The molecule has 0 bridgehead atoms. The topological polar surface area (TPSA) is 70.3 Å². The maximum atomic E-state index is 11.1. The van der Waals surface area contributed by atoms with Crippen LogP contribution in [0.1, 0.15) is 27.0 Å². The summed E-state index contributed by atoms with van der Waals surface area (Å²) in [5.41, 5.74) is 3.07. The van der Waals surface area contributed by atoms with Crippen LogP contribution in [0.15, 0.2) is 89.4 Å². The summed E-state index contributed by atoms with van der Waals surface area (Å²) in [6, 6.07) is 28.3. The second-order valence-electron chi connectivity index (χ2n) is 7.17. The number of carbonyl (C=O) groups is 1. The lowest BCUT2D eigenvalue weighted by atomic mass is 9.98. The van der Waals surface area contributed by atoms with Gasteiger partial charge in [0.05, 0.1) is 17.2 Å². The van der Waals surface area contributed by atoms with Gasteiger partial charge in [0.25, 0.3) is 0 Å². The smallest absolute Gasteiger partial charge is 0.335 e. The molecule has 0 amide bonds. The van der Waals surface area contributed by atoms with Gasteiger partial charge in [-0.1, -0.05) is 70.5 Å². The highest BCUT2D eigenvalue weighted by Gasteiger charge is 2.11. The summed E-state index contributed by atoms with van der Waals surface area (Å²) >= 11 is 3.44. The predicted molar refractivity (Wildman–Crippen MR) is 129 cm³/mol. The maximum Gasteiger partial charge on any atom is 0.335 e. The third-order valence-electron chi connectivity index (χ3n) is 5.09. The highest BCUT2D eigenvalue weighted by molar-refractivity contribution is 9.10. The summed E-state index contributed by atoms with van der Waals surface area (Å²) < 4.78 is 7.16. The molecule has 5 heteroatoms. The molecule has 0 saturated carbocycles. The highest BCUT2D eigenvalue weighted by Crippen LogP contribution is 2.32. The summed E-state index contributed by atoms with van der Waals surface area (Å²) in [6.45, 7) is 0.391. The van der Waals surface area contributed by atoms with Gasteiger partial charge in [0.15, 0.2) is 0 Å². The van der Waals surface area contributed by atoms with Crippen LogP contribution in [-0.2, 0) is 6.61 Å². The second-order valence-corrected chi connectivity index (χ2v) is 8.08. The summed E-state index contributed by atoms with van der Waals surface area (Å²) in [4.78, 5) is 11.1. The van der Waals surface area contributed by atoms with E-state index in [-0.39, 0.29) is 5.56 Å². The first-order valence-electron chi connectivity index (χ1n) is 9.89. The predicted octanol–water partition coefficient (Wildman–Crippen LogP) is 6.94. The number of hydrogen-bond acceptors (Lipinski definition) is 3. The zero-order valence-electron chi connectivity index (χ0n) is 17.0. The van der Waals surface area contributed by atoms with Gasteiger partial charge in [-0.25, -0.2) is 4.79 Å². The number of rotatable bonds is 6. The SMILES string of the molecule is N#CC(=Cc1c(OCc2ccc(Br)cc2)ccc2ccccc12)c1ccc(C(=O)O)cc1. The largest absolute Gasteiger partial charge is 0.488 e. The number of aromatic carboxylic acids is 1. The summed E-state index contributed by atoms with van der Waals surface area (Å²) in [7, 11) is 0. The minimum atomic E-state index is -1.00. The van der Waals surface area contributed by atoms with Crippen molar-refractivity contribution in [2.45, 2.75) is 6.61 Å². The van der Waals surface area contributed by atoms with Crippen molar-refractivity contribution in [3.63, 3.8) is 0 Å². The number of benzene rings is 4. The Bertz CT molecular complexity index is 1350. The van der Waals surface area contributed by atoms with Gasteiger partial charge < -0.3 is 9.84 Å². The van der Waals surface area contributed by atoms with E-state index in [0.717, 1.165) is 26.4 Å². The first-order valence-corrected chi connectivity index (χ1v) is 10.7. The van der Waals surface area contributed by atoms with Crippen molar-refractivity contribution in [2.24, 2.45) is 0 Å². The molecule has 0 aliphatic carbocycles. The fraction of sp³-hybridized carbons (Fsp3) is 0.0370. The van der Waals surface area contributed by atoms with Crippen molar-refractivity contribution < 1.29 is 14.6 Å². The van der Waals surface area contributed by atoms with Crippen LogP contribution in [0.5, 0.6) is 5.75 Å². The molecule has 0 aliphatic rings. The van der Waals surface area contributed by atoms with Crippen molar-refractivity contribution >= 4 is 44.3 Å². The number of allylic oxidation sites excluding steroid dienone is 1. The average molecular weight is 484 g/mol. The maximum absolute atomic E-state index is 11.1. The third-order valence-corrected chi connectivity index (χ3v) is 5.62. The van der Waals surface area contributed by atoms with Gasteiger partial charge in [-0.3, -0.25) is 0 Å². The van der Waals surface area contributed by atoms with Gasteiger partial charge in [-0.15, -0.1) is 0 Å². The second kappa shape index (κ2) is 9.51. The van der Waals surface area contributed by atoms with Crippen molar-refractivity contribution in [1.82, 2.24) is 0 Å². The van der Waals surface area contributed by atoms with E-state index < -0.39 is 5.97 Å². The summed E-state index contributed by atoms with van der Waals surface area (Å²) in [5.74, 6) is -0.335. The number of fused-ring (bicyclic) bond motifs is 1. The van der Waals surface area contributed by atoms with E-state index in [9.17, 15) is 10.1 Å². The number of ether oxygens (including phenoxy) is 1. The first-order chi connectivity index (χ1) is 15.5. The Morgan fingerprint density at radius 2 is 1.62 bits per heavy atom. The number of halogens is 1. The number of nitriles is 1. The molecular formula is C27H18BrNO3. The molecule has 0 spiro atoms. The van der Waals surface area contributed by atoms with Crippen LogP contribution >= 0.6 is 15.9 Å².